The maximum Gasteiger partial charge on any atom is 0.234 e. The Morgan fingerprint density at radius 3 is 2.68 bits per heavy atom. The SMILES string of the molecule is O=C(CSc1n[nH]c(-c2cccnc2)n1)Nc1c(Cl)cc(Cl)cc1Cl. The van der Waals surface area contributed by atoms with Crippen molar-refractivity contribution in [3.8, 4) is 11.4 Å². The fourth-order valence-electron chi connectivity index (χ4n) is 1.91. The number of carbonyl (C=O) groups is 1. The summed E-state index contributed by atoms with van der Waals surface area (Å²) in [5.41, 5.74) is 1.13. The summed E-state index contributed by atoms with van der Waals surface area (Å²) in [4.78, 5) is 20.4. The zero-order valence-electron chi connectivity index (χ0n) is 12.5. The van der Waals surface area contributed by atoms with Crippen LogP contribution in [0.4, 0.5) is 5.69 Å². The van der Waals surface area contributed by atoms with E-state index in [-0.39, 0.29) is 21.7 Å². The van der Waals surface area contributed by atoms with Crippen LogP contribution >= 0.6 is 46.6 Å². The van der Waals surface area contributed by atoms with Gasteiger partial charge in [0.15, 0.2) is 5.82 Å². The zero-order valence-corrected chi connectivity index (χ0v) is 15.5. The van der Waals surface area contributed by atoms with Gasteiger partial charge in [-0.3, -0.25) is 14.9 Å². The number of aromatic amines is 1. The third kappa shape index (κ3) is 4.64. The fourth-order valence-corrected chi connectivity index (χ4v) is 3.42. The van der Waals surface area contributed by atoms with E-state index in [0.29, 0.717) is 21.7 Å². The van der Waals surface area contributed by atoms with Gasteiger partial charge in [0.05, 0.1) is 21.5 Å². The van der Waals surface area contributed by atoms with Gasteiger partial charge < -0.3 is 5.32 Å². The number of nitrogens with one attached hydrogen (secondary N) is 2. The van der Waals surface area contributed by atoms with Crippen molar-refractivity contribution in [2.75, 3.05) is 11.1 Å². The number of nitrogens with zero attached hydrogens (tertiary/aromatic N) is 3. The molecule has 25 heavy (non-hydrogen) atoms. The van der Waals surface area contributed by atoms with Gasteiger partial charge in [0.1, 0.15) is 0 Å². The van der Waals surface area contributed by atoms with Crippen LogP contribution in [0.3, 0.4) is 0 Å². The van der Waals surface area contributed by atoms with Crippen molar-refractivity contribution in [1.29, 1.82) is 0 Å². The molecule has 0 saturated heterocycles. The lowest BCUT2D eigenvalue weighted by Gasteiger charge is -2.09. The number of amides is 1. The predicted molar refractivity (Wildman–Crippen MR) is 100 cm³/mol. The summed E-state index contributed by atoms with van der Waals surface area (Å²) < 4.78 is 0. The number of thioether (sulfide) groups is 1. The molecule has 2 heterocycles. The first-order valence-corrected chi connectivity index (χ1v) is 9.05. The van der Waals surface area contributed by atoms with E-state index in [1.807, 2.05) is 6.07 Å². The third-order valence-corrected chi connectivity index (χ3v) is 4.67. The maximum atomic E-state index is 12.1. The number of benzene rings is 1. The Kier molecular flexibility index (Phi) is 5.80. The van der Waals surface area contributed by atoms with Crippen molar-refractivity contribution in [3.05, 3.63) is 51.7 Å². The Balaban J connectivity index is 1.61. The van der Waals surface area contributed by atoms with Crippen LogP contribution in [0.25, 0.3) is 11.4 Å². The van der Waals surface area contributed by atoms with E-state index in [9.17, 15) is 4.79 Å². The monoisotopic (exact) mass is 413 g/mol. The number of aromatic nitrogens is 4. The van der Waals surface area contributed by atoms with E-state index in [4.69, 9.17) is 34.8 Å². The van der Waals surface area contributed by atoms with Gasteiger partial charge >= 0.3 is 0 Å². The maximum absolute atomic E-state index is 12.1. The largest absolute Gasteiger partial charge is 0.323 e. The number of carbonyl (C=O) groups excluding carboxylic acids is 1. The second kappa shape index (κ2) is 8.05. The molecule has 3 rings (SSSR count). The molecule has 6 nitrogen and oxygen atoms in total. The van der Waals surface area contributed by atoms with E-state index in [2.05, 4.69) is 25.5 Å². The lowest BCUT2D eigenvalue weighted by molar-refractivity contribution is -0.113. The van der Waals surface area contributed by atoms with Crippen LogP contribution in [0.2, 0.25) is 15.1 Å². The summed E-state index contributed by atoms with van der Waals surface area (Å²) in [6, 6.07) is 6.68. The van der Waals surface area contributed by atoms with E-state index in [1.165, 1.54) is 23.9 Å². The average Bonchev–Trinajstić information content (AvgIpc) is 3.06. The topological polar surface area (TPSA) is 83.6 Å². The molecule has 0 atom stereocenters. The molecule has 2 N–H and O–H groups in total. The number of hydrogen-bond acceptors (Lipinski definition) is 5. The predicted octanol–water partition coefficient (Wildman–Crippen LogP) is 4.56. The summed E-state index contributed by atoms with van der Waals surface area (Å²) in [5, 5.41) is 10.9. The van der Waals surface area contributed by atoms with Crippen LogP contribution in [0, 0.1) is 0 Å². The Morgan fingerprint density at radius 1 is 1.24 bits per heavy atom. The number of hydrogen-bond donors (Lipinski definition) is 2. The lowest BCUT2D eigenvalue weighted by Crippen LogP contribution is -2.14. The van der Waals surface area contributed by atoms with Gasteiger partial charge in [-0.15, -0.1) is 5.10 Å². The highest BCUT2D eigenvalue weighted by molar-refractivity contribution is 7.99. The van der Waals surface area contributed by atoms with Gasteiger partial charge in [-0.1, -0.05) is 46.6 Å². The molecule has 0 spiro atoms. The Labute approximate surface area is 162 Å². The number of H-pyrrole nitrogens is 1. The highest BCUT2D eigenvalue weighted by Gasteiger charge is 2.13. The quantitative estimate of drug-likeness (QED) is 0.598. The zero-order chi connectivity index (χ0) is 17.8. The number of anilines is 1. The molecule has 0 bridgehead atoms. The fraction of sp³-hybridized carbons (Fsp3) is 0.0667. The van der Waals surface area contributed by atoms with Crippen LogP contribution in [-0.2, 0) is 4.79 Å². The molecule has 0 fully saturated rings. The first kappa shape index (κ1) is 18.0. The van der Waals surface area contributed by atoms with Crippen LogP contribution < -0.4 is 5.32 Å². The molecular weight excluding hydrogens is 405 g/mol. The number of rotatable bonds is 5. The molecule has 0 saturated carbocycles. The molecule has 0 unspecified atom stereocenters. The van der Waals surface area contributed by atoms with Crippen molar-refractivity contribution in [1.82, 2.24) is 20.2 Å². The third-order valence-electron chi connectivity index (χ3n) is 3.00. The van der Waals surface area contributed by atoms with Crippen LogP contribution in [-0.4, -0.2) is 31.8 Å². The van der Waals surface area contributed by atoms with Gasteiger partial charge in [0.2, 0.25) is 11.1 Å². The second-order valence-electron chi connectivity index (χ2n) is 4.79. The summed E-state index contributed by atoms with van der Waals surface area (Å²) in [6.45, 7) is 0. The highest BCUT2D eigenvalue weighted by Crippen LogP contribution is 2.33. The van der Waals surface area contributed by atoms with Crippen molar-refractivity contribution in [2.45, 2.75) is 5.16 Å². The van der Waals surface area contributed by atoms with Gasteiger partial charge in [-0.25, -0.2) is 4.98 Å². The summed E-state index contributed by atoms with van der Waals surface area (Å²) in [7, 11) is 0. The summed E-state index contributed by atoms with van der Waals surface area (Å²) >= 11 is 19.1. The summed E-state index contributed by atoms with van der Waals surface area (Å²) in [6.07, 6.45) is 3.35. The second-order valence-corrected chi connectivity index (χ2v) is 6.98. The van der Waals surface area contributed by atoms with Gasteiger partial charge in [0.25, 0.3) is 0 Å². The minimum Gasteiger partial charge on any atom is -0.323 e. The molecular formula is C15H10Cl3N5OS. The first-order valence-electron chi connectivity index (χ1n) is 6.93. The smallest absolute Gasteiger partial charge is 0.234 e. The molecule has 1 amide bonds. The van der Waals surface area contributed by atoms with Crippen molar-refractivity contribution < 1.29 is 4.79 Å². The molecule has 128 valence electrons. The van der Waals surface area contributed by atoms with Crippen molar-refractivity contribution in [2.24, 2.45) is 0 Å². The Bertz CT molecular complexity index is 880. The minimum atomic E-state index is -0.288. The molecule has 10 heteroatoms. The average molecular weight is 415 g/mol. The Morgan fingerprint density at radius 2 is 2.00 bits per heavy atom. The number of halogens is 3. The molecule has 0 aliphatic carbocycles. The minimum absolute atomic E-state index is 0.0968. The van der Waals surface area contributed by atoms with Crippen LogP contribution in [0.1, 0.15) is 0 Å². The molecule has 3 aromatic rings. The molecule has 2 aromatic heterocycles. The van der Waals surface area contributed by atoms with Gasteiger partial charge in [-0.2, -0.15) is 0 Å². The van der Waals surface area contributed by atoms with Crippen molar-refractivity contribution >= 4 is 58.2 Å². The van der Waals surface area contributed by atoms with Gasteiger partial charge in [-0.05, 0) is 24.3 Å². The molecule has 1 aromatic carbocycles. The molecule has 0 radical (unpaired) electrons. The van der Waals surface area contributed by atoms with E-state index < -0.39 is 0 Å². The van der Waals surface area contributed by atoms with Crippen LogP contribution in [0.15, 0.2) is 41.8 Å². The standard InChI is InChI=1S/C15H10Cl3N5OS/c16-9-4-10(17)13(11(18)5-9)20-12(24)7-25-15-21-14(22-23-15)8-2-1-3-19-6-8/h1-6H,7H2,(H,20,24)(H,21,22,23). The summed E-state index contributed by atoms with van der Waals surface area (Å²) in [5.74, 6) is 0.392. The van der Waals surface area contributed by atoms with Crippen LogP contribution in [0.5, 0.6) is 0 Å². The first-order chi connectivity index (χ1) is 12.0. The lowest BCUT2D eigenvalue weighted by atomic mass is 10.3. The van der Waals surface area contributed by atoms with E-state index >= 15 is 0 Å². The van der Waals surface area contributed by atoms with E-state index in [0.717, 1.165) is 5.56 Å². The van der Waals surface area contributed by atoms with E-state index in [1.54, 1.807) is 18.5 Å². The number of pyridine rings is 1. The van der Waals surface area contributed by atoms with Crippen molar-refractivity contribution in [3.63, 3.8) is 0 Å². The normalized spacial score (nSPS) is 10.7. The Hall–Kier alpha value is -1.80. The molecule has 0 aliphatic heterocycles. The molecule has 0 aliphatic rings. The highest BCUT2D eigenvalue weighted by atomic mass is 35.5. The van der Waals surface area contributed by atoms with Gasteiger partial charge in [0, 0.05) is 23.0 Å².